The van der Waals surface area contributed by atoms with Crippen molar-refractivity contribution in [2.75, 3.05) is 19.5 Å². The van der Waals surface area contributed by atoms with Gasteiger partial charge in [0.1, 0.15) is 11.6 Å². The lowest BCUT2D eigenvalue weighted by Crippen LogP contribution is -2.06. The van der Waals surface area contributed by atoms with Gasteiger partial charge in [-0.3, -0.25) is 0 Å². The Balaban J connectivity index is 2.20. The first-order chi connectivity index (χ1) is 10.1. The van der Waals surface area contributed by atoms with Gasteiger partial charge in [0.25, 0.3) is 0 Å². The summed E-state index contributed by atoms with van der Waals surface area (Å²) in [6, 6.07) is 5.85. The fourth-order valence-corrected chi connectivity index (χ4v) is 2.10. The van der Waals surface area contributed by atoms with Gasteiger partial charge < -0.3 is 10.1 Å². The van der Waals surface area contributed by atoms with Crippen LogP contribution in [0.4, 0.5) is 5.82 Å². The molecule has 0 saturated carbocycles. The molecule has 2 aromatic rings. The number of hydrogen-bond donors (Lipinski definition) is 1. The molecular formula is C16H22N4O. The average Bonchev–Trinajstić information content (AvgIpc) is 2.47. The molecule has 0 amide bonds. The standard InChI is InChI=1S/C16H22N4O/c1-11(2)7-13-9-14(17-3)20-15(19-13)8-12-5-6-16(21-4)18-10-12/h5-6,9-11H,7-8H2,1-4H3,(H,17,19,20). The molecule has 0 aliphatic carbocycles. The topological polar surface area (TPSA) is 59.9 Å². The third-order valence-corrected chi connectivity index (χ3v) is 3.07. The number of methoxy groups -OCH3 is 1. The predicted molar refractivity (Wildman–Crippen MR) is 83.7 cm³/mol. The first kappa shape index (κ1) is 15.2. The third kappa shape index (κ3) is 4.41. The van der Waals surface area contributed by atoms with Gasteiger partial charge in [-0.1, -0.05) is 19.9 Å². The van der Waals surface area contributed by atoms with E-state index in [1.165, 1.54) is 0 Å². The van der Waals surface area contributed by atoms with E-state index in [0.29, 0.717) is 18.2 Å². The minimum Gasteiger partial charge on any atom is -0.481 e. The van der Waals surface area contributed by atoms with Crippen molar-refractivity contribution in [3.63, 3.8) is 0 Å². The molecule has 21 heavy (non-hydrogen) atoms. The van der Waals surface area contributed by atoms with Crippen molar-refractivity contribution >= 4 is 5.82 Å². The average molecular weight is 286 g/mol. The number of nitrogens with one attached hydrogen (secondary N) is 1. The van der Waals surface area contributed by atoms with Gasteiger partial charge in [0, 0.05) is 37.5 Å². The number of rotatable bonds is 6. The normalized spacial score (nSPS) is 10.7. The molecule has 0 saturated heterocycles. The summed E-state index contributed by atoms with van der Waals surface area (Å²) >= 11 is 0. The maximum absolute atomic E-state index is 5.07. The Hall–Kier alpha value is -2.17. The lowest BCUT2D eigenvalue weighted by Gasteiger charge is -2.09. The van der Waals surface area contributed by atoms with Crippen LogP contribution in [0, 0.1) is 5.92 Å². The van der Waals surface area contributed by atoms with Crippen molar-refractivity contribution < 1.29 is 4.74 Å². The Morgan fingerprint density at radius 1 is 1.24 bits per heavy atom. The Bertz CT molecular complexity index is 581. The summed E-state index contributed by atoms with van der Waals surface area (Å²) < 4.78 is 5.07. The first-order valence-electron chi connectivity index (χ1n) is 7.14. The molecule has 0 radical (unpaired) electrons. The molecule has 0 spiro atoms. The molecule has 2 heterocycles. The Kier molecular flexibility index (Phi) is 5.09. The molecule has 2 aromatic heterocycles. The molecule has 0 aromatic carbocycles. The summed E-state index contributed by atoms with van der Waals surface area (Å²) in [5, 5.41) is 3.10. The highest BCUT2D eigenvalue weighted by Gasteiger charge is 2.07. The highest BCUT2D eigenvalue weighted by atomic mass is 16.5. The van der Waals surface area contributed by atoms with Gasteiger partial charge in [0.15, 0.2) is 0 Å². The maximum Gasteiger partial charge on any atom is 0.212 e. The van der Waals surface area contributed by atoms with Crippen LogP contribution < -0.4 is 10.1 Å². The summed E-state index contributed by atoms with van der Waals surface area (Å²) in [6.45, 7) is 4.38. The van der Waals surface area contributed by atoms with Crippen LogP contribution >= 0.6 is 0 Å². The number of anilines is 1. The van der Waals surface area contributed by atoms with E-state index in [1.807, 2.05) is 25.2 Å². The van der Waals surface area contributed by atoms with E-state index in [9.17, 15) is 0 Å². The lowest BCUT2D eigenvalue weighted by atomic mass is 10.1. The molecule has 5 heteroatoms. The van der Waals surface area contributed by atoms with Gasteiger partial charge >= 0.3 is 0 Å². The van der Waals surface area contributed by atoms with Crippen molar-refractivity contribution in [2.45, 2.75) is 26.7 Å². The second-order valence-corrected chi connectivity index (χ2v) is 5.39. The number of nitrogens with zero attached hydrogens (tertiary/aromatic N) is 3. The van der Waals surface area contributed by atoms with Gasteiger partial charge in [0.2, 0.25) is 5.88 Å². The predicted octanol–water partition coefficient (Wildman–Crippen LogP) is 2.71. The fourth-order valence-electron chi connectivity index (χ4n) is 2.10. The van der Waals surface area contributed by atoms with Crippen molar-refractivity contribution in [3.05, 3.63) is 41.5 Å². The quantitative estimate of drug-likeness (QED) is 0.884. The van der Waals surface area contributed by atoms with E-state index in [0.717, 1.165) is 29.3 Å². The van der Waals surface area contributed by atoms with E-state index in [2.05, 4.69) is 34.1 Å². The second kappa shape index (κ2) is 7.02. The minimum atomic E-state index is 0.570. The number of ether oxygens (including phenoxy) is 1. The Labute approximate surface area is 125 Å². The van der Waals surface area contributed by atoms with E-state index in [4.69, 9.17) is 4.74 Å². The zero-order valence-electron chi connectivity index (χ0n) is 13.1. The van der Waals surface area contributed by atoms with Gasteiger partial charge in [-0.2, -0.15) is 0 Å². The molecule has 0 unspecified atom stereocenters. The Morgan fingerprint density at radius 3 is 2.62 bits per heavy atom. The molecule has 2 rings (SSSR count). The van der Waals surface area contributed by atoms with Crippen LogP contribution in [0.3, 0.4) is 0 Å². The smallest absolute Gasteiger partial charge is 0.212 e. The van der Waals surface area contributed by atoms with Crippen molar-refractivity contribution in [3.8, 4) is 5.88 Å². The van der Waals surface area contributed by atoms with Crippen LogP contribution in [0.2, 0.25) is 0 Å². The number of aromatic nitrogens is 3. The zero-order chi connectivity index (χ0) is 15.2. The van der Waals surface area contributed by atoms with Gasteiger partial charge in [-0.25, -0.2) is 15.0 Å². The van der Waals surface area contributed by atoms with Crippen LogP contribution in [0.5, 0.6) is 5.88 Å². The van der Waals surface area contributed by atoms with Crippen molar-refractivity contribution in [2.24, 2.45) is 5.92 Å². The van der Waals surface area contributed by atoms with Gasteiger partial charge in [-0.05, 0) is 17.9 Å². The summed E-state index contributed by atoms with van der Waals surface area (Å²) in [7, 11) is 3.49. The molecule has 1 N–H and O–H groups in total. The molecule has 0 aliphatic heterocycles. The lowest BCUT2D eigenvalue weighted by molar-refractivity contribution is 0.397. The highest BCUT2D eigenvalue weighted by molar-refractivity contribution is 5.36. The third-order valence-electron chi connectivity index (χ3n) is 3.07. The summed E-state index contributed by atoms with van der Waals surface area (Å²) in [4.78, 5) is 13.4. The van der Waals surface area contributed by atoms with Crippen LogP contribution in [-0.2, 0) is 12.8 Å². The maximum atomic E-state index is 5.07. The number of pyridine rings is 1. The molecule has 112 valence electrons. The molecule has 0 fully saturated rings. The van der Waals surface area contributed by atoms with Crippen LogP contribution in [0.25, 0.3) is 0 Å². The summed E-state index contributed by atoms with van der Waals surface area (Å²) in [6.07, 6.45) is 3.42. The minimum absolute atomic E-state index is 0.570. The highest BCUT2D eigenvalue weighted by Crippen LogP contribution is 2.14. The van der Waals surface area contributed by atoms with E-state index < -0.39 is 0 Å². The van der Waals surface area contributed by atoms with Crippen molar-refractivity contribution in [1.82, 2.24) is 15.0 Å². The van der Waals surface area contributed by atoms with Gasteiger partial charge in [0.05, 0.1) is 7.11 Å². The zero-order valence-corrected chi connectivity index (χ0v) is 13.1. The van der Waals surface area contributed by atoms with Gasteiger partial charge in [-0.15, -0.1) is 0 Å². The molecule has 0 atom stereocenters. The fraction of sp³-hybridized carbons (Fsp3) is 0.438. The first-order valence-corrected chi connectivity index (χ1v) is 7.14. The molecular weight excluding hydrogens is 264 g/mol. The largest absolute Gasteiger partial charge is 0.481 e. The Morgan fingerprint density at radius 2 is 2.05 bits per heavy atom. The van der Waals surface area contributed by atoms with E-state index in [-0.39, 0.29) is 0 Å². The monoisotopic (exact) mass is 286 g/mol. The summed E-state index contributed by atoms with van der Waals surface area (Å²) in [5.74, 6) is 2.85. The van der Waals surface area contributed by atoms with Crippen LogP contribution in [0.15, 0.2) is 24.4 Å². The van der Waals surface area contributed by atoms with Crippen LogP contribution in [0.1, 0.15) is 30.9 Å². The van der Waals surface area contributed by atoms with Crippen molar-refractivity contribution in [1.29, 1.82) is 0 Å². The van der Waals surface area contributed by atoms with E-state index >= 15 is 0 Å². The van der Waals surface area contributed by atoms with E-state index in [1.54, 1.807) is 13.3 Å². The van der Waals surface area contributed by atoms with Crippen LogP contribution in [-0.4, -0.2) is 29.1 Å². The molecule has 0 bridgehead atoms. The second-order valence-electron chi connectivity index (χ2n) is 5.39. The molecule has 0 aliphatic rings. The molecule has 5 nitrogen and oxygen atoms in total. The number of hydrogen-bond acceptors (Lipinski definition) is 5. The SMILES string of the molecule is CNc1cc(CC(C)C)nc(Cc2ccc(OC)nc2)n1. The summed E-state index contributed by atoms with van der Waals surface area (Å²) in [5.41, 5.74) is 2.14.